The highest BCUT2D eigenvalue weighted by molar-refractivity contribution is 6.30. The molecule has 0 aliphatic heterocycles. The van der Waals surface area contributed by atoms with Crippen molar-refractivity contribution in [2.75, 3.05) is 5.32 Å². The zero-order chi connectivity index (χ0) is 18.9. The molecule has 4 rings (SSSR count). The van der Waals surface area contributed by atoms with Gasteiger partial charge in [0, 0.05) is 10.7 Å². The van der Waals surface area contributed by atoms with E-state index in [2.05, 4.69) is 15.4 Å². The van der Waals surface area contributed by atoms with Gasteiger partial charge in [-0.05, 0) is 48.7 Å². The molecule has 1 amide bonds. The molecular weight excluding hydrogens is 367 g/mol. The smallest absolute Gasteiger partial charge is 0.235 e. The lowest BCUT2D eigenvalue weighted by molar-refractivity contribution is -0.121. The first-order valence-corrected chi connectivity index (χ1v) is 9.18. The third-order valence-corrected chi connectivity index (χ3v) is 5.38. The van der Waals surface area contributed by atoms with Crippen LogP contribution in [0.1, 0.15) is 31.2 Å². The Labute approximate surface area is 161 Å². The van der Waals surface area contributed by atoms with Crippen LogP contribution in [0, 0.1) is 5.82 Å². The highest BCUT2D eigenvalue weighted by Gasteiger charge is 2.42. The van der Waals surface area contributed by atoms with Gasteiger partial charge in [-0.3, -0.25) is 4.79 Å². The molecule has 1 heterocycles. The van der Waals surface area contributed by atoms with Gasteiger partial charge in [0.15, 0.2) is 5.82 Å². The molecule has 2 aromatic carbocycles. The van der Waals surface area contributed by atoms with Crippen LogP contribution in [-0.4, -0.2) is 20.7 Å². The van der Waals surface area contributed by atoms with E-state index in [0.717, 1.165) is 31.2 Å². The Morgan fingerprint density at radius 1 is 1.19 bits per heavy atom. The first kappa shape index (κ1) is 17.7. The second kappa shape index (κ2) is 7.12. The molecule has 1 saturated carbocycles. The van der Waals surface area contributed by atoms with Crippen molar-refractivity contribution < 1.29 is 9.18 Å². The lowest BCUT2D eigenvalue weighted by Gasteiger charge is -2.28. The molecule has 138 valence electrons. The number of nitrogens with zero attached hydrogens (tertiary/aromatic N) is 3. The van der Waals surface area contributed by atoms with Gasteiger partial charge in [0.05, 0.1) is 5.41 Å². The van der Waals surface area contributed by atoms with Gasteiger partial charge in [-0.25, -0.2) is 14.1 Å². The third-order valence-electron chi connectivity index (χ3n) is 5.14. The van der Waals surface area contributed by atoms with Crippen molar-refractivity contribution in [3.8, 4) is 5.69 Å². The first-order chi connectivity index (χ1) is 13.1. The summed E-state index contributed by atoms with van der Waals surface area (Å²) < 4.78 is 15.8. The largest absolute Gasteiger partial charge is 0.325 e. The number of carbonyl (C=O) groups excluding carboxylic acids is 1. The predicted molar refractivity (Wildman–Crippen MR) is 102 cm³/mol. The average Bonchev–Trinajstić information content (AvgIpc) is 3.35. The number of aromatic nitrogens is 3. The van der Waals surface area contributed by atoms with E-state index in [4.69, 9.17) is 11.6 Å². The van der Waals surface area contributed by atoms with Gasteiger partial charge in [0.25, 0.3) is 0 Å². The highest BCUT2D eigenvalue weighted by atomic mass is 35.5. The third kappa shape index (κ3) is 3.32. The Morgan fingerprint density at radius 3 is 2.67 bits per heavy atom. The van der Waals surface area contributed by atoms with Crippen molar-refractivity contribution in [2.45, 2.75) is 31.1 Å². The zero-order valence-corrected chi connectivity index (χ0v) is 15.3. The molecule has 0 saturated heterocycles. The minimum atomic E-state index is -0.633. The second-order valence-corrected chi connectivity index (χ2v) is 7.20. The van der Waals surface area contributed by atoms with Crippen molar-refractivity contribution in [1.82, 2.24) is 14.8 Å². The van der Waals surface area contributed by atoms with Crippen LogP contribution in [0.2, 0.25) is 5.02 Å². The summed E-state index contributed by atoms with van der Waals surface area (Å²) in [4.78, 5) is 17.0. The van der Waals surface area contributed by atoms with Gasteiger partial charge >= 0.3 is 0 Å². The Kier molecular flexibility index (Phi) is 4.66. The van der Waals surface area contributed by atoms with E-state index in [9.17, 15) is 9.18 Å². The molecule has 1 aliphatic carbocycles. The summed E-state index contributed by atoms with van der Waals surface area (Å²) in [5, 5.41) is 7.42. The van der Waals surface area contributed by atoms with Crippen LogP contribution in [0.4, 0.5) is 10.1 Å². The average molecular weight is 385 g/mol. The lowest BCUT2D eigenvalue weighted by atomic mass is 9.78. The van der Waals surface area contributed by atoms with Gasteiger partial charge in [0.2, 0.25) is 5.91 Å². The van der Waals surface area contributed by atoms with Crippen LogP contribution in [0.3, 0.4) is 0 Å². The van der Waals surface area contributed by atoms with Gasteiger partial charge in [-0.1, -0.05) is 36.6 Å². The second-order valence-electron chi connectivity index (χ2n) is 6.76. The Bertz CT molecular complexity index is 968. The highest BCUT2D eigenvalue weighted by Crippen LogP contribution is 2.42. The minimum Gasteiger partial charge on any atom is -0.325 e. The topological polar surface area (TPSA) is 59.8 Å². The number of hydrogen-bond acceptors (Lipinski definition) is 3. The van der Waals surface area contributed by atoms with Crippen LogP contribution in [-0.2, 0) is 10.2 Å². The number of carbonyl (C=O) groups is 1. The van der Waals surface area contributed by atoms with Crippen LogP contribution in [0.5, 0.6) is 0 Å². The molecule has 1 fully saturated rings. The van der Waals surface area contributed by atoms with Crippen molar-refractivity contribution in [3.05, 3.63) is 71.5 Å². The van der Waals surface area contributed by atoms with Gasteiger partial charge in [-0.2, -0.15) is 5.10 Å². The van der Waals surface area contributed by atoms with E-state index >= 15 is 0 Å². The van der Waals surface area contributed by atoms with Crippen molar-refractivity contribution >= 4 is 23.2 Å². The number of hydrogen-bond donors (Lipinski definition) is 1. The number of benzene rings is 2. The van der Waals surface area contributed by atoms with Crippen molar-refractivity contribution in [3.63, 3.8) is 0 Å². The van der Waals surface area contributed by atoms with Gasteiger partial charge in [0.1, 0.15) is 18.3 Å². The number of rotatable bonds is 4. The van der Waals surface area contributed by atoms with Crippen molar-refractivity contribution in [1.29, 1.82) is 0 Å². The molecule has 1 N–H and O–H groups in total. The molecule has 0 unspecified atom stereocenters. The molecule has 5 nitrogen and oxygen atoms in total. The molecule has 1 aromatic heterocycles. The molecule has 7 heteroatoms. The van der Waals surface area contributed by atoms with Crippen LogP contribution < -0.4 is 5.32 Å². The Hall–Kier alpha value is -2.73. The van der Waals surface area contributed by atoms with E-state index in [1.54, 1.807) is 18.2 Å². The summed E-state index contributed by atoms with van der Waals surface area (Å²) >= 11 is 6.14. The number of amides is 1. The summed E-state index contributed by atoms with van der Waals surface area (Å²) in [6, 6.07) is 12.0. The minimum absolute atomic E-state index is 0.129. The van der Waals surface area contributed by atoms with E-state index in [-0.39, 0.29) is 11.6 Å². The summed E-state index contributed by atoms with van der Waals surface area (Å²) in [5.74, 6) is -0.614. The molecular formula is C20H18ClFN4O. The van der Waals surface area contributed by atoms with E-state index in [1.807, 2.05) is 18.2 Å². The van der Waals surface area contributed by atoms with Crippen LogP contribution in [0.25, 0.3) is 5.69 Å². The van der Waals surface area contributed by atoms with Crippen LogP contribution >= 0.6 is 11.6 Å². The number of halogens is 2. The van der Waals surface area contributed by atoms with E-state index < -0.39 is 11.2 Å². The summed E-state index contributed by atoms with van der Waals surface area (Å²) in [6.45, 7) is 0. The maximum atomic E-state index is 14.5. The summed E-state index contributed by atoms with van der Waals surface area (Å²) in [5.41, 5.74) is 0.960. The summed E-state index contributed by atoms with van der Waals surface area (Å²) in [6.07, 6.45) is 6.20. The quantitative estimate of drug-likeness (QED) is 0.719. The fourth-order valence-corrected chi connectivity index (χ4v) is 3.96. The Balaban J connectivity index is 1.61. The van der Waals surface area contributed by atoms with Crippen molar-refractivity contribution in [2.24, 2.45) is 0 Å². The van der Waals surface area contributed by atoms with Crippen LogP contribution in [0.15, 0.2) is 55.1 Å². The maximum absolute atomic E-state index is 14.5. The molecule has 3 aromatic rings. The molecule has 27 heavy (non-hydrogen) atoms. The number of anilines is 1. The Morgan fingerprint density at radius 2 is 2.00 bits per heavy atom. The van der Waals surface area contributed by atoms with E-state index in [0.29, 0.717) is 10.7 Å². The molecule has 0 spiro atoms. The maximum Gasteiger partial charge on any atom is 0.235 e. The number of nitrogens with one attached hydrogen (secondary N) is 1. The summed E-state index contributed by atoms with van der Waals surface area (Å²) in [7, 11) is 0. The van der Waals surface area contributed by atoms with Gasteiger partial charge < -0.3 is 5.32 Å². The fraction of sp³-hybridized carbons (Fsp3) is 0.250. The molecule has 0 bridgehead atoms. The molecule has 0 radical (unpaired) electrons. The molecule has 0 atom stereocenters. The first-order valence-electron chi connectivity index (χ1n) is 8.80. The SMILES string of the molecule is O=C(Nc1ccc(-n2cncn2)c(F)c1)C1(c2cccc(Cl)c2)CCCC1. The standard InChI is InChI=1S/C20H18ClFN4O/c21-15-5-3-4-14(10-15)20(8-1-2-9-20)19(27)25-16-6-7-18(17(22)11-16)26-13-23-12-24-26/h3-7,10-13H,1-2,8-9H2,(H,25,27). The van der Waals surface area contributed by atoms with E-state index in [1.165, 1.54) is 23.4 Å². The normalized spacial score (nSPS) is 15.6. The molecule has 1 aliphatic rings. The van der Waals surface area contributed by atoms with Gasteiger partial charge in [-0.15, -0.1) is 0 Å². The predicted octanol–water partition coefficient (Wildman–Crippen LogP) is 4.51. The monoisotopic (exact) mass is 384 g/mol. The zero-order valence-electron chi connectivity index (χ0n) is 14.5. The lowest BCUT2D eigenvalue weighted by Crippen LogP contribution is -2.38. The fourth-order valence-electron chi connectivity index (χ4n) is 3.77.